The van der Waals surface area contributed by atoms with E-state index in [1.807, 2.05) is 0 Å². The van der Waals surface area contributed by atoms with Crippen LogP contribution in [-0.2, 0) is 0 Å². The molecule has 1 aromatic carbocycles. The molecule has 24 heavy (non-hydrogen) atoms. The largest absolute Gasteiger partial charge is 0.360 e. The van der Waals surface area contributed by atoms with Crippen molar-refractivity contribution in [3.05, 3.63) is 47.2 Å². The van der Waals surface area contributed by atoms with E-state index in [9.17, 15) is 14.4 Å². The molecule has 3 rings (SSSR count). The zero-order valence-corrected chi connectivity index (χ0v) is 13.0. The third-order valence-corrected chi connectivity index (χ3v) is 3.59. The fourth-order valence-electron chi connectivity index (χ4n) is 2.47. The highest BCUT2D eigenvalue weighted by Crippen LogP contribution is 2.22. The third kappa shape index (κ3) is 3.12. The van der Waals surface area contributed by atoms with Crippen molar-refractivity contribution in [2.45, 2.75) is 13.3 Å². The van der Waals surface area contributed by atoms with Crippen LogP contribution in [0.25, 0.3) is 0 Å². The topological polar surface area (TPSA) is 105 Å². The first kappa shape index (κ1) is 15.7. The van der Waals surface area contributed by atoms with Crippen LogP contribution in [0.4, 0.5) is 10.6 Å². The molecule has 0 saturated carbocycles. The molecule has 1 aromatic heterocycles. The first-order valence-corrected chi connectivity index (χ1v) is 7.49. The number of nitrogens with zero attached hydrogens (tertiary/aromatic N) is 2. The Kier molecular flexibility index (Phi) is 4.28. The molecule has 2 aromatic rings. The number of nitrogens with one attached hydrogen (secondary N) is 2. The Morgan fingerprint density at radius 3 is 2.46 bits per heavy atom. The lowest BCUT2D eigenvalue weighted by atomic mass is 10.1. The van der Waals surface area contributed by atoms with Gasteiger partial charge < -0.3 is 9.84 Å². The molecule has 1 aliphatic rings. The van der Waals surface area contributed by atoms with Crippen LogP contribution in [0.2, 0.25) is 0 Å². The standard InChI is InChI=1S/C16H16N4O4/c1-10-9-13(19-24-10)18-16(23)17-7-4-8-20-14(21)11-5-2-3-6-12(11)15(20)22/h2-3,5-6,9H,4,7-8H2,1H3,(H2,17,18,19,23). The number of carbonyl (C=O) groups excluding carboxylic acids is 3. The number of anilines is 1. The minimum atomic E-state index is -0.425. The zero-order valence-electron chi connectivity index (χ0n) is 13.0. The summed E-state index contributed by atoms with van der Waals surface area (Å²) in [6, 6.07) is 7.90. The number of imide groups is 1. The van der Waals surface area contributed by atoms with Gasteiger partial charge >= 0.3 is 6.03 Å². The van der Waals surface area contributed by atoms with Gasteiger partial charge in [-0.25, -0.2) is 4.79 Å². The number of aromatic nitrogens is 1. The van der Waals surface area contributed by atoms with Crippen molar-refractivity contribution in [3.8, 4) is 0 Å². The summed E-state index contributed by atoms with van der Waals surface area (Å²) in [6.45, 7) is 2.28. The molecule has 8 nitrogen and oxygen atoms in total. The summed E-state index contributed by atoms with van der Waals surface area (Å²) >= 11 is 0. The van der Waals surface area contributed by atoms with Crippen LogP contribution in [0.3, 0.4) is 0 Å². The molecule has 0 saturated heterocycles. The fraction of sp³-hybridized carbons (Fsp3) is 0.250. The normalized spacial score (nSPS) is 13.1. The summed E-state index contributed by atoms with van der Waals surface area (Å²) in [5.41, 5.74) is 0.851. The monoisotopic (exact) mass is 328 g/mol. The average Bonchev–Trinajstić information content (AvgIpc) is 3.08. The molecule has 0 fully saturated rings. The lowest BCUT2D eigenvalue weighted by molar-refractivity contribution is 0.0653. The smallest absolute Gasteiger partial charge is 0.320 e. The van der Waals surface area contributed by atoms with Crippen molar-refractivity contribution in [2.24, 2.45) is 0 Å². The van der Waals surface area contributed by atoms with Crippen LogP contribution in [0.5, 0.6) is 0 Å². The Bertz CT molecular complexity index is 764. The van der Waals surface area contributed by atoms with Crippen LogP contribution < -0.4 is 10.6 Å². The van der Waals surface area contributed by atoms with Crippen LogP contribution in [-0.4, -0.2) is 41.0 Å². The number of urea groups is 1. The van der Waals surface area contributed by atoms with E-state index in [-0.39, 0.29) is 18.4 Å². The number of hydrogen-bond acceptors (Lipinski definition) is 5. The second-order valence-electron chi connectivity index (χ2n) is 5.36. The van der Waals surface area contributed by atoms with E-state index in [2.05, 4.69) is 15.8 Å². The molecule has 8 heteroatoms. The van der Waals surface area contributed by atoms with E-state index in [1.54, 1.807) is 37.3 Å². The Balaban J connectivity index is 1.45. The van der Waals surface area contributed by atoms with E-state index in [0.717, 1.165) is 0 Å². The number of hydrogen-bond donors (Lipinski definition) is 2. The van der Waals surface area contributed by atoms with Gasteiger partial charge in [0.25, 0.3) is 11.8 Å². The van der Waals surface area contributed by atoms with Gasteiger partial charge in [-0.2, -0.15) is 0 Å². The quantitative estimate of drug-likeness (QED) is 0.643. The lowest BCUT2D eigenvalue weighted by Gasteiger charge is -2.13. The second-order valence-corrected chi connectivity index (χ2v) is 5.36. The first-order valence-electron chi connectivity index (χ1n) is 7.49. The lowest BCUT2D eigenvalue weighted by Crippen LogP contribution is -2.35. The van der Waals surface area contributed by atoms with Gasteiger partial charge in [0.15, 0.2) is 5.82 Å². The maximum atomic E-state index is 12.2. The Labute approximate surface area is 137 Å². The summed E-state index contributed by atoms with van der Waals surface area (Å²) in [5, 5.41) is 8.80. The second kappa shape index (κ2) is 6.53. The van der Waals surface area contributed by atoms with E-state index in [4.69, 9.17) is 4.52 Å². The van der Waals surface area contributed by atoms with Crippen LogP contribution in [0.15, 0.2) is 34.9 Å². The molecular weight excluding hydrogens is 312 g/mol. The van der Waals surface area contributed by atoms with Crippen LogP contribution >= 0.6 is 0 Å². The average molecular weight is 328 g/mol. The van der Waals surface area contributed by atoms with Crippen molar-refractivity contribution in [1.82, 2.24) is 15.4 Å². The Morgan fingerprint density at radius 2 is 1.88 bits per heavy atom. The first-order chi connectivity index (χ1) is 11.6. The van der Waals surface area contributed by atoms with Crippen molar-refractivity contribution < 1.29 is 18.9 Å². The summed E-state index contributed by atoms with van der Waals surface area (Å²) in [5.74, 6) is 0.331. The Hall–Kier alpha value is -3.16. The highest BCUT2D eigenvalue weighted by atomic mass is 16.5. The predicted octanol–water partition coefficient (Wildman–Crippen LogP) is 1.79. The van der Waals surface area contributed by atoms with Crippen LogP contribution in [0.1, 0.15) is 32.9 Å². The van der Waals surface area contributed by atoms with Gasteiger partial charge in [-0.15, -0.1) is 0 Å². The van der Waals surface area contributed by atoms with E-state index >= 15 is 0 Å². The molecule has 0 atom stereocenters. The predicted molar refractivity (Wildman–Crippen MR) is 84.7 cm³/mol. The van der Waals surface area contributed by atoms with E-state index in [1.165, 1.54) is 4.90 Å². The number of amides is 4. The van der Waals surface area contributed by atoms with Gasteiger partial charge in [0, 0.05) is 19.2 Å². The maximum absolute atomic E-state index is 12.2. The van der Waals surface area contributed by atoms with Gasteiger partial charge in [-0.3, -0.25) is 19.8 Å². The van der Waals surface area contributed by atoms with Crippen LogP contribution in [0, 0.1) is 6.92 Å². The SMILES string of the molecule is Cc1cc(NC(=O)NCCCN2C(=O)c3ccccc3C2=O)no1. The molecule has 0 spiro atoms. The molecule has 4 amide bonds. The molecule has 0 aliphatic carbocycles. The molecule has 2 N–H and O–H groups in total. The number of aryl methyl sites for hydroxylation is 1. The van der Waals surface area contributed by atoms with Gasteiger partial charge in [-0.05, 0) is 25.5 Å². The summed E-state index contributed by atoms with van der Waals surface area (Å²) in [4.78, 5) is 37.2. The highest BCUT2D eigenvalue weighted by molar-refractivity contribution is 6.21. The molecule has 0 radical (unpaired) electrons. The van der Waals surface area contributed by atoms with Gasteiger partial charge in [0.2, 0.25) is 0 Å². The van der Waals surface area contributed by atoms with E-state index in [0.29, 0.717) is 35.7 Å². The minimum Gasteiger partial charge on any atom is -0.360 e. The fourth-order valence-corrected chi connectivity index (χ4v) is 2.47. The summed E-state index contributed by atoms with van der Waals surface area (Å²) in [6.07, 6.45) is 0.455. The number of carbonyl (C=O) groups is 3. The number of rotatable bonds is 5. The van der Waals surface area contributed by atoms with Gasteiger partial charge in [0.1, 0.15) is 5.76 Å². The van der Waals surface area contributed by atoms with Crippen molar-refractivity contribution >= 4 is 23.7 Å². The zero-order chi connectivity index (χ0) is 17.1. The summed E-state index contributed by atoms with van der Waals surface area (Å²) < 4.78 is 4.84. The van der Waals surface area contributed by atoms with E-state index < -0.39 is 6.03 Å². The number of benzene rings is 1. The maximum Gasteiger partial charge on any atom is 0.320 e. The molecule has 2 heterocycles. The number of fused-ring (bicyclic) bond motifs is 1. The molecule has 0 bridgehead atoms. The van der Waals surface area contributed by atoms with Crippen molar-refractivity contribution in [2.75, 3.05) is 18.4 Å². The Morgan fingerprint density at radius 1 is 1.21 bits per heavy atom. The summed E-state index contributed by atoms with van der Waals surface area (Å²) in [7, 11) is 0. The van der Waals surface area contributed by atoms with Crippen molar-refractivity contribution in [3.63, 3.8) is 0 Å². The molecule has 0 unspecified atom stereocenters. The highest BCUT2D eigenvalue weighted by Gasteiger charge is 2.34. The third-order valence-electron chi connectivity index (χ3n) is 3.59. The van der Waals surface area contributed by atoms with Crippen molar-refractivity contribution in [1.29, 1.82) is 0 Å². The molecular formula is C16H16N4O4. The minimum absolute atomic E-state index is 0.246. The van der Waals surface area contributed by atoms with Gasteiger partial charge in [-0.1, -0.05) is 17.3 Å². The van der Waals surface area contributed by atoms with Gasteiger partial charge in [0.05, 0.1) is 11.1 Å². The molecule has 124 valence electrons. The molecule has 1 aliphatic heterocycles.